The van der Waals surface area contributed by atoms with Gasteiger partial charge < -0.3 is 19.7 Å². The minimum absolute atomic E-state index is 0.233. The van der Waals surface area contributed by atoms with Crippen molar-refractivity contribution < 1.29 is 14.0 Å². The van der Waals surface area contributed by atoms with Crippen LogP contribution in [0.5, 0.6) is 11.5 Å². The number of hydrogen-bond acceptors (Lipinski definition) is 6. The summed E-state index contributed by atoms with van der Waals surface area (Å²) in [6.45, 7) is 3.32. The zero-order chi connectivity index (χ0) is 12.5. The van der Waals surface area contributed by atoms with Gasteiger partial charge in [0.05, 0.1) is 6.54 Å². The molecule has 3 rings (SSSR count). The van der Waals surface area contributed by atoms with Crippen LogP contribution in [0.1, 0.15) is 11.5 Å². The molecular weight excluding hydrogens is 234 g/mol. The molecule has 2 N–H and O–H groups in total. The van der Waals surface area contributed by atoms with Gasteiger partial charge in [-0.1, -0.05) is 5.16 Å². The van der Waals surface area contributed by atoms with E-state index in [1.165, 1.54) is 0 Å². The quantitative estimate of drug-likeness (QED) is 0.860. The highest BCUT2D eigenvalue weighted by Gasteiger charge is 2.18. The van der Waals surface area contributed by atoms with Crippen LogP contribution in [0.15, 0.2) is 16.7 Å². The maximum absolute atomic E-state index is 5.56. The molecule has 0 spiro atoms. The van der Waals surface area contributed by atoms with E-state index in [2.05, 4.69) is 10.1 Å². The molecule has 1 aromatic heterocycles. The third-order valence-electron chi connectivity index (χ3n) is 2.73. The van der Waals surface area contributed by atoms with Crippen LogP contribution in [0.25, 0.3) is 11.4 Å². The van der Waals surface area contributed by atoms with Crippen LogP contribution in [-0.2, 0) is 6.54 Å². The minimum Gasteiger partial charge on any atom is -0.486 e. The maximum Gasteiger partial charge on any atom is 0.240 e. The Kier molecular flexibility index (Phi) is 2.64. The Morgan fingerprint density at radius 2 is 2.11 bits per heavy atom. The fourth-order valence-corrected chi connectivity index (χ4v) is 1.91. The largest absolute Gasteiger partial charge is 0.486 e. The molecule has 1 aliphatic heterocycles. The van der Waals surface area contributed by atoms with Gasteiger partial charge in [0, 0.05) is 5.56 Å². The molecule has 0 bridgehead atoms. The number of nitrogens with two attached hydrogens (primary N) is 1. The molecule has 0 radical (unpaired) electrons. The molecule has 1 aliphatic rings. The van der Waals surface area contributed by atoms with E-state index in [0.717, 1.165) is 22.6 Å². The van der Waals surface area contributed by atoms with Gasteiger partial charge in [-0.2, -0.15) is 4.98 Å². The van der Waals surface area contributed by atoms with E-state index >= 15 is 0 Å². The Morgan fingerprint density at radius 3 is 2.89 bits per heavy atom. The standard InChI is InChI=1S/C12H13N3O3/c1-7-4-8(12-14-10(6-13)18-15-12)5-9-11(7)17-3-2-16-9/h4-5H,2-3,6,13H2,1H3. The lowest BCUT2D eigenvalue weighted by Gasteiger charge is -2.20. The van der Waals surface area contributed by atoms with Crippen LogP contribution in [0.2, 0.25) is 0 Å². The lowest BCUT2D eigenvalue weighted by molar-refractivity contribution is 0.170. The van der Waals surface area contributed by atoms with Crippen LogP contribution in [0, 0.1) is 6.92 Å². The fourth-order valence-electron chi connectivity index (χ4n) is 1.91. The van der Waals surface area contributed by atoms with E-state index in [9.17, 15) is 0 Å². The van der Waals surface area contributed by atoms with E-state index in [1.54, 1.807) is 0 Å². The van der Waals surface area contributed by atoms with Gasteiger partial charge in [-0.05, 0) is 24.6 Å². The first-order chi connectivity index (χ1) is 8.78. The normalized spacial score (nSPS) is 13.7. The number of aromatic nitrogens is 2. The van der Waals surface area contributed by atoms with E-state index in [-0.39, 0.29) is 6.54 Å². The zero-order valence-electron chi connectivity index (χ0n) is 9.97. The van der Waals surface area contributed by atoms with Crippen LogP contribution in [0.3, 0.4) is 0 Å². The minimum atomic E-state index is 0.233. The zero-order valence-corrected chi connectivity index (χ0v) is 9.97. The first kappa shape index (κ1) is 11.0. The van der Waals surface area contributed by atoms with Crippen molar-refractivity contribution in [1.29, 1.82) is 0 Å². The Morgan fingerprint density at radius 1 is 1.28 bits per heavy atom. The van der Waals surface area contributed by atoms with Crippen LogP contribution >= 0.6 is 0 Å². The fraction of sp³-hybridized carbons (Fsp3) is 0.333. The Balaban J connectivity index is 2.04. The molecule has 0 saturated carbocycles. The van der Waals surface area contributed by atoms with Gasteiger partial charge in [0.2, 0.25) is 11.7 Å². The van der Waals surface area contributed by atoms with Gasteiger partial charge in [-0.3, -0.25) is 0 Å². The second-order valence-corrected chi connectivity index (χ2v) is 4.03. The molecule has 2 aromatic rings. The lowest BCUT2D eigenvalue weighted by Crippen LogP contribution is -2.16. The smallest absolute Gasteiger partial charge is 0.240 e. The lowest BCUT2D eigenvalue weighted by atomic mass is 10.1. The van der Waals surface area contributed by atoms with Crippen molar-refractivity contribution in [3.8, 4) is 22.9 Å². The van der Waals surface area contributed by atoms with Crippen molar-refractivity contribution in [3.63, 3.8) is 0 Å². The van der Waals surface area contributed by atoms with Crippen molar-refractivity contribution in [2.75, 3.05) is 13.2 Å². The summed E-state index contributed by atoms with van der Waals surface area (Å²) in [6, 6.07) is 3.80. The monoisotopic (exact) mass is 247 g/mol. The SMILES string of the molecule is Cc1cc(-c2noc(CN)n2)cc2c1OCCO2. The predicted octanol–water partition coefficient (Wildman–Crippen LogP) is 1.27. The molecule has 0 fully saturated rings. The molecule has 0 amide bonds. The van der Waals surface area contributed by atoms with Crippen LogP contribution in [0.4, 0.5) is 0 Å². The van der Waals surface area contributed by atoms with Crippen molar-refractivity contribution >= 4 is 0 Å². The molecule has 2 heterocycles. The summed E-state index contributed by atoms with van der Waals surface area (Å²) in [4.78, 5) is 4.19. The van der Waals surface area contributed by atoms with Gasteiger partial charge in [-0.25, -0.2) is 0 Å². The van der Waals surface area contributed by atoms with Gasteiger partial charge >= 0.3 is 0 Å². The Hall–Kier alpha value is -2.08. The van der Waals surface area contributed by atoms with Crippen molar-refractivity contribution in [2.24, 2.45) is 5.73 Å². The highest BCUT2D eigenvalue weighted by Crippen LogP contribution is 2.37. The molecule has 6 nitrogen and oxygen atoms in total. The second-order valence-electron chi connectivity index (χ2n) is 4.03. The average Bonchev–Trinajstić information content (AvgIpc) is 2.87. The number of rotatable bonds is 2. The third-order valence-corrected chi connectivity index (χ3v) is 2.73. The Labute approximate surface area is 104 Å². The summed E-state index contributed by atoms with van der Waals surface area (Å²) in [5.74, 6) is 2.43. The van der Waals surface area contributed by atoms with E-state index < -0.39 is 0 Å². The molecule has 94 valence electrons. The molecule has 18 heavy (non-hydrogen) atoms. The number of benzene rings is 1. The highest BCUT2D eigenvalue weighted by atomic mass is 16.6. The number of fused-ring (bicyclic) bond motifs is 1. The molecule has 0 atom stereocenters. The van der Waals surface area contributed by atoms with Gasteiger partial charge in [0.1, 0.15) is 13.2 Å². The summed E-state index contributed by atoms with van der Waals surface area (Å²) in [7, 11) is 0. The van der Waals surface area contributed by atoms with Gasteiger partial charge in [-0.15, -0.1) is 0 Å². The number of hydrogen-bond donors (Lipinski definition) is 1. The first-order valence-corrected chi connectivity index (χ1v) is 5.71. The average molecular weight is 247 g/mol. The summed E-state index contributed by atoms with van der Waals surface area (Å²) in [5.41, 5.74) is 7.26. The van der Waals surface area contributed by atoms with Crippen LogP contribution in [-0.4, -0.2) is 23.4 Å². The molecule has 0 unspecified atom stereocenters. The van der Waals surface area contributed by atoms with Gasteiger partial charge in [0.15, 0.2) is 11.5 Å². The van der Waals surface area contributed by atoms with Gasteiger partial charge in [0.25, 0.3) is 0 Å². The highest BCUT2D eigenvalue weighted by molar-refractivity contribution is 5.63. The summed E-state index contributed by atoms with van der Waals surface area (Å²) in [5, 5.41) is 3.88. The third kappa shape index (κ3) is 1.80. The second kappa shape index (κ2) is 4.30. The van der Waals surface area contributed by atoms with E-state index in [4.69, 9.17) is 19.7 Å². The molecule has 6 heteroatoms. The molecule has 0 saturated heterocycles. The molecule has 1 aromatic carbocycles. The summed E-state index contributed by atoms with van der Waals surface area (Å²) < 4.78 is 16.1. The number of aryl methyl sites for hydroxylation is 1. The predicted molar refractivity (Wildman–Crippen MR) is 63.4 cm³/mol. The van der Waals surface area contributed by atoms with Crippen molar-refractivity contribution in [2.45, 2.75) is 13.5 Å². The molecule has 0 aliphatic carbocycles. The number of nitrogens with zero attached hydrogens (tertiary/aromatic N) is 2. The summed E-state index contributed by atoms with van der Waals surface area (Å²) in [6.07, 6.45) is 0. The maximum atomic E-state index is 5.56. The molecular formula is C12H13N3O3. The summed E-state index contributed by atoms with van der Waals surface area (Å²) >= 11 is 0. The van der Waals surface area contributed by atoms with Crippen molar-refractivity contribution in [3.05, 3.63) is 23.6 Å². The Bertz CT molecular complexity index is 580. The first-order valence-electron chi connectivity index (χ1n) is 5.71. The van der Waals surface area contributed by atoms with Crippen LogP contribution < -0.4 is 15.2 Å². The van der Waals surface area contributed by atoms with Crippen molar-refractivity contribution in [1.82, 2.24) is 10.1 Å². The topological polar surface area (TPSA) is 83.4 Å². The van der Waals surface area contributed by atoms with E-state index in [1.807, 2.05) is 19.1 Å². The number of ether oxygens (including phenoxy) is 2. The van der Waals surface area contributed by atoms with E-state index in [0.29, 0.717) is 24.9 Å².